The molecule has 2 rings (SSSR count). The third-order valence-electron chi connectivity index (χ3n) is 6.99. The second-order valence-electron chi connectivity index (χ2n) is 11.3. The van der Waals surface area contributed by atoms with Gasteiger partial charge in [-0.2, -0.15) is 11.8 Å². The molecule has 0 aliphatic carbocycles. The summed E-state index contributed by atoms with van der Waals surface area (Å²) in [5, 5.41) is 0. The van der Waals surface area contributed by atoms with E-state index < -0.39 is 36.3 Å². The van der Waals surface area contributed by atoms with Crippen LogP contribution in [0.2, 0.25) is 0 Å². The standard InChI is InChI=1S/C27H49F5N5O4PS2/c1-24(20-37-22-36-25-26(33)34-21-35-27(25)37)40-23-42(38,39)41-16-18-43-17-14-12-10-8-6-4-2-3-5-7-9-11-13-15-19-44(28,29,30,31)32/h21-22,24H,2-20,23H2,1H3,(H,38,39)(H2,33,34,35)/t24-/m1/s1. The Morgan fingerprint density at radius 1 is 0.886 bits per heavy atom. The molecule has 3 N–H and O–H groups in total. The van der Waals surface area contributed by atoms with Gasteiger partial charge in [-0.1, -0.05) is 96.5 Å². The van der Waals surface area contributed by atoms with Gasteiger partial charge >= 0.3 is 7.60 Å². The monoisotopic (exact) mass is 697 g/mol. The molecule has 1 unspecified atom stereocenters. The average Bonchev–Trinajstić information content (AvgIpc) is 3.33. The molecule has 17 heteroatoms. The van der Waals surface area contributed by atoms with E-state index in [1.807, 2.05) is 0 Å². The topological polar surface area (TPSA) is 125 Å². The summed E-state index contributed by atoms with van der Waals surface area (Å²) >= 11 is 1.70. The van der Waals surface area contributed by atoms with Crippen molar-refractivity contribution in [2.45, 2.75) is 109 Å². The highest BCUT2D eigenvalue weighted by molar-refractivity contribution is 8.45. The van der Waals surface area contributed by atoms with E-state index in [1.165, 1.54) is 32.0 Å². The smallest absolute Gasteiger partial charge is 0.353 e. The van der Waals surface area contributed by atoms with Crippen molar-refractivity contribution in [3.8, 4) is 0 Å². The molecular weight excluding hydrogens is 648 g/mol. The van der Waals surface area contributed by atoms with E-state index in [1.54, 1.807) is 29.6 Å². The van der Waals surface area contributed by atoms with Crippen LogP contribution in [0.15, 0.2) is 12.7 Å². The number of rotatable bonds is 26. The van der Waals surface area contributed by atoms with E-state index in [0.29, 0.717) is 29.9 Å². The fourth-order valence-corrected chi connectivity index (χ4v) is 7.24. The largest absolute Gasteiger partial charge is 0.382 e. The molecule has 2 aromatic rings. The molecule has 0 fully saturated rings. The molecule has 0 bridgehead atoms. The van der Waals surface area contributed by atoms with Gasteiger partial charge in [-0.15, -0.1) is 0 Å². The lowest BCUT2D eigenvalue weighted by Gasteiger charge is -2.40. The molecule has 0 amide bonds. The molecular formula is C27H49F5N5O4PS2. The Kier molecular flexibility index (Phi) is 15.6. The minimum atomic E-state index is -9.22. The van der Waals surface area contributed by atoms with Crippen LogP contribution in [0.1, 0.15) is 96.8 Å². The highest BCUT2D eigenvalue weighted by Crippen LogP contribution is 2.97. The van der Waals surface area contributed by atoms with E-state index >= 15 is 0 Å². The lowest BCUT2D eigenvalue weighted by molar-refractivity contribution is 0.0724. The van der Waals surface area contributed by atoms with Gasteiger partial charge in [0.05, 0.1) is 31.3 Å². The van der Waals surface area contributed by atoms with Crippen molar-refractivity contribution < 1.29 is 38.1 Å². The zero-order valence-electron chi connectivity index (χ0n) is 25.6. The Morgan fingerprint density at radius 2 is 1.43 bits per heavy atom. The van der Waals surface area contributed by atoms with Crippen molar-refractivity contribution in [1.82, 2.24) is 19.5 Å². The van der Waals surface area contributed by atoms with Gasteiger partial charge in [0.1, 0.15) is 18.2 Å². The third-order valence-corrected chi connectivity index (χ3v) is 10.1. The quantitative estimate of drug-likeness (QED) is 0.0562. The lowest BCUT2D eigenvalue weighted by atomic mass is 10.0. The predicted molar refractivity (Wildman–Crippen MR) is 171 cm³/mol. The van der Waals surface area contributed by atoms with Gasteiger partial charge in [-0.25, -0.2) is 15.0 Å². The van der Waals surface area contributed by atoms with Crippen LogP contribution >= 0.6 is 29.6 Å². The molecule has 44 heavy (non-hydrogen) atoms. The Hall–Kier alpha value is -1.19. The first-order valence-electron chi connectivity index (χ1n) is 15.3. The number of anilines is 1. The van der Waals surface area contributed by atoms with E-state index in [0.717, 1.165) is 50.7 Å². The van der Waals surface area contributed by atoms with Gasteiger partial charge in [0.2, 0.25) is 0 Å². The molecule has 9 nitrogen and oxygen atoms in total. The number of thioether (sulfide) groups is 1. The molecule has 0 radical (unpaired) electrons. The molecule has 258 valence electrons. The number of hydrogen-bond acceptors (Lipinski definition) is 8. The van der Waals surface area contributed by atoms with Crippen LogP contribution in [0.25, 0.3) is 11.2 Å². The van der Waals surface area contributed by atoms with Crippen LogP contribution < -0.4 is 5.73 Å². The molecule has 0 spiro atoms. The summed E-state index contributed by atoms with van der Waals surface area (Å²) in [5.74, 6) is -0.0396. The second-order valence-corrected chi connectivity index (χ2v) is 17.0. The van der Waals surface area contributed by atoms with E-state index in [9.17, 15) is 28.9 Å². The highest BCUT2D eigenvalue weighted by atomic mass is 32.5. The molecule has 2 heterocycles. The molecule has 0 saturated heterocycles. The van der Waals surface area contributed by atoms with Crippen LogP contribution in [-0.2, 0) is 20.4 Å². The summed E-state index contributed by atoms with van der Waals surface area (Å²) in [4.78, 5) is 22.3. The summed E-state index contributed by atoms with van der Waals surface area (Å²) in [6, 6.07) is 0. The summed E-state index contributed by atoms with van der Waals surface area (Å²) in [6.07, 6.45) is 14.4. The zero-order valence-corrected chi connectivity index (χ0v) is 28.1. The maximum Gasteiger partial charge on any atom is 0.353 e. The van der Waals surface area contributed by atoms with Crippen LogP contribution in [-0.4, -0.2) is 60.7 Å². The van der Waals surface area contributed by atoms with Crippen molar-refractivity contribution >= 4 is 46.6 Å². The van der Waals surface area contributed by atoms with Crippen molar-refractivity contribution in [3.63, 3.8) is 0 Å². The second kappa shape index (κ2) is 17.7. The first kappa shape index (κ1) is 39.0. The Bertz CT molecular complexity index is 1160. The average molecular weight is 698 g/mol. The van der Waals surface area contributed by atoms with E-state index in [2.05, 4.69) is 15.0 Å². The van der Waals surface area contributed by atoms with Gasteiger partial charge in [0, 0.05) is 5.75 Å². The van der Waals surface area contributed by atoms with Gasteiger partial charge in [-0.05, 0) is 25.5 Å². The lowest BCUT2D eigenvalue weighted by Crippen LogP contribution is -2.17. The Morgan fingerprint density at radius 3 is 2.00 bits per heavy atom. The number of nitrogens with zero attached hydrogens (tertiary/aromatic N) is 4. The number of nitrogens with two attached hydrogens (primary N) is 1. The normalized spacial score (nSPS) is 16.1. The zero-order chi connectivity index (χ0) is 32.6. The summed E-state index contributed by atoms with van der Waals surface area (Å²) < 4.78 is 86.0. The Balaban J connectivity index is 1.35. The van der Waals surface area contributed by atoms with Gasteiger partial charge in [0.15, 0.2) is 11.5 Å². The molecule has 0 saturated carbocycles. The predicted octanol–water partition coefficient (Wildman–Crippen LogP) is 9.47. The SMILES string of the molecule is C[C@H](Cn1cnc2c(N)ncnc21)OCP(=O)(O)OCCSCCCCCCCCCCCCCCCCS(F)(F)(F)(F)F. The molecule has 0 aliphatic heterocycles. The summed E-state index contributed by atoms with van der Waals surface area (Å²) in [6.45, 7) is 2.34. The fourth-order valence-electron chi connectivity index (χ4n) is 4.66. The number of unbranched alkanes of at least 4 members (excludes halogenated alkanes) is 13. The van der Waals surface area contributed by atoms with Crippen molar-refractivity contribution in [2.24, 2.45) is 0 Å². The van der Waals surface area contributed by atoms with Crippen molar-refractivity contribution in [1.29, 1.82) is 0 Å². The number of nitrogen functional groups attached to an aromatic ring is 1. The van der Waals surface area contributed by atoms with Crippen LogP contribution in [0.3, 0.4) is 0 Å². The molecule has 2 atom stereocenters. The number of ether oxygens (including phenoxy) is 1. The minimum Gasteiger partial charge on any atom is -0.382 e. The number of halogens is 5. The van der Waals surface area contributed by atoms with Crippen molar-refractivity contribution in [2.75, 3.05) is 35.9 Å². The van der Waals surface area contributed by atoms with Crippen LogP contribution in [0.4, 0.5) is 25.2 Å². The third kappa shape index (κ3) is 18.7. The Labute approximate surface area is 261 Å². The fraction of sp³-hybridized carbons (Fsp3) is 0.815. The first-order valence-corrected chi connectivity index (χ1v) is 20.4. The highest BCUT2D eigenvalue weighted by Gasteiger charge is 2.62. The minimum absolute atomic E-state index is 0.177. The van der Waals surface area contributed by atoms with Gasteiger partial charge in [0.25, 0.3) is 10.2 Å². The number of fused-ring (bicyclic) bond motifs is 1. The van der Waals surface area contributed by atoms with E-state index in [-0.39, 0.29) is 24.9 Å². The number of aromatic nitrogens is 4. The number of hydrogen-bond donors (Lipinski definition) is 2. The first-order chi connectivity index (χ1) is 20.5. The van der Waals surface area contributed by atoms with Gasteiger partial charge in [-0.3, -0.25) is 4.57 Å². The molecule has 0 aliphatic rings. The van der Waals surface area contributed by atoms with Crippen LogP contribution in [0.5, 0.6) is 0 Å². The molecule has 0 aromatic carbocycles. The van der Waals surface area contributed by atoms with Crippen molar-refractivity contribution in [3.05, 3.63) is 12.7 Å². The van der Waals surface area contributed by atoms with E-state index in [4.69, 9.17) is 15.0 Å². The maximum absolute atomic E-state index is 12.3. The molecule has 2 aromatic heterocycles. The number of imidazole rings is 1. The summed E-state index contributed by atoms with van der Waals surface area (Å²) in [7, 11) is -13.1. The van der Waals surface area contributed by atoms with Gasteiger partial charge < -0.3 is 24.5 Å². The summed E-state index contributed by atoms with van der Waals surface area (Å²) in [5.41, 5.74) is 6.86. The van der Waals surface area contributed by atoms with Crippen LogP contribution in [0, 0.1) is 0 Å². The maximum atomic E-state index is 12.3.